The normalized spacial score (nSPS) is 11.1. The van der Waals surface area contributed by atoms with Crippen LogP contribution in [0.5, 0.6) is 23.0 Å². The molecule has 3 heterocycles. The number of rotatable bonds is 20. The van der Waals surface area contributed by atoms with Crippen LogP contribution in [0.3, 0.4) is 0 Å². The van der Waals surface area contributed by atoms with E-state index in [4.69, 9.17) is 33.0 Å². The summed E-state index contributed by atoms with van der Waals surface area (Å²) >= 11 is 12.5. The van der Waals surface area contributed by atoms with Gasteiger partial charge in [-0.25, -0.2) is 4.79 Å². The average Bonchev–Trinajstić information content (AvgIpc) is 1.64. The van der Waals surface area contributed by atoms with Gasteiger partial charge in [0.2, 0.25) is 0 Å². The van der Waals surface area contributed by atoms with Gasteiger partial charge in [-0.3, -0.25) is 23.7 Å². The number of hydrogen-bond donors (Lipinski definition) is 7. The quantitative estimate of drug-likeness (QED) is 0.0214. The summed E-state index contributed by atoms with van der Waals surface area (Å²) < 4.78 is 10.8. The van der Waals surface area contributed by atoms with Gasteiger partial charge in [0, 0.05) is 117 Å². The fourth-order valence-corrected chi connectivity index (χ4v) is 13.6. The smallest absolute Gasteiger partial charge is 0.339 e. The van der Waals surface area contributed by atoms with Crippen LogP contribution in [0.1, 0.15) is 80.8 Å². The third-order valence-electron chi connectivity index (χ3n) is 18.2. The Bertz CT molecular complexity index is 5530. The number of anilines is 3. The number of phenols is 3. The molecular weight excluding hydrogens is 1310 g/mol. The molecule has 7 N–H and O–H groups in total. The summed E-state index contributed by atoms with van der Waals surface area (Å²) in [5, 5.41) is 55.9. The molecule has 0 unspecified atom stereocenters. The number of carbonyl (C=O) groups is 5. The lowest BCUT2D eigenvalue weighted by atomic mass is 9.95. The predicted molar refractivity (Wildman–Crippen MR) is 403 cm³/mol. The van der Waals surface area contributed by atoms with Crippen LogP contribution in [0.25, 0.3) is 54.3 Å². The van der Waals surface area contributed by atoms with Crippen molar-refractivity contribution in [3.63, 3.8) is 0 Å². The van der Waals surface area contributed by atoms with Crippen LogP contribution < -0.4 is 20.7 Å². The van der Waals surface area contributed by atoms with Crippen LogP contribution in [0.2, 0.25) is 10.0 Å². The van der Waals surface area contributed by atoms with Crippen LogP contribution >= 0.6 is 23.2 Å². The van der Waals surface area contributed by atoms with E-state index in [1.165, 1.54) is 18.2 Å². The molecule has 14 rings (SSSR count). The number of ether oxygens (including phenoxy) is 1. The number of aryl methyl sites for hydroxylation is 1. The van der Waals surface area contributed by atoms with Crippen molar-refractivity contribution in [3.8, 4) is 23.0 Å². The number of nitrogens with one attached hydrogen (secondary N) is 3. The first-order chi connectivity index (χ1) is 48.9. The van der Waals surface area contributed by atoms with Crippen LogP contribution in [0, 0.1) is 27.7 Å². The number of nitrogens with zero attached hydrogens (tertiary/aromatic N) is 3. The minimum atomic E-state index is -1.17. The number of halogens is 2. The van der Waals surface area contributed by atoms with Gasteiger partial charge in [-0.2, -0.15) is 0 Å². The second kappa shape index (κ2) is 30.3. The maximum atomic E-state index is 13.8. The van der Waals surface area contributed by atoms with Gasteiger partial charge in [0.25, 0.3) is 12.4 Å². The van der Waals surface area contributed by atoms with Gasteiger partial charge in [-0.15, -0.1) is 0 Å². The van der Waals surface area contributed by atoms with Gasteiger partial charge in [-0.1, -0.05) is 169 Å². The maximum Gasteiger partial charge on any atom is 0.339 e. The van der Waals surface area contributed by atoms with E-state index in [9.17, 15) is 39.3 Å². The number of para-hydroxylation sites is 3. The predicted octanol–water partition coefficient (Wildman–Crippen LogP) is 18.2. The number of phenolic OH excluding ortho intramolecular Hbond substituents is 2. The fraction of sp³-hybridized carbons (Fsp3) is 0.120. The summed E-state index contributed by atoms with van der Waals surface area (Å²) in [6.07, 6.45) is 0.732. The molecule has 0 saturated heterocycles. The number of fused-ring (bicyclic) bond motifs is 5. The molecule has 18 heteroatoms. The molecule has 11 aromatic carbocycles. The summed E-state index contributed by atoms with van der Waals surface area (Å²) in [5.41, 5.74) is 12.7. The SMILES string of the molecule is Cc1c(C(=O)c2cccc3ccccc23)c2ccccc2n1CCNc1ccc(C(=O)O)c(O)c1.Cc1c(C(=O)c2cccc3ccccc23)c2ccccc2n1CCNc1ccc(O)c(OC=O)c1.Cc1cc(NCCc2c(C)n(C(=O)c3cccc(Cl)c3Cl)c3ccccc23)ccc1O. The second-order valence-electron chi connectivity index (χ2n) is 24.3. The first-order valence-electron chi connectivity index (χ1n) is 32.7. The molecule has 0 bridgehead atoms. The number of carbonyl (C=O) groups excluding carboxylic acids is 4. The van der Waals surface area contributed by atoms with Gasteiger partial charge < -0.3 is 50.2 Å². The molecule has 0 aliphatic carbocycles. The Hall–Kier alpha value is -12.1. The van der Waals surface area contributed by atoms with Crippen LogP contribution in [-0.4, -0.2) is 83.7 Å². The zero-order chi connectivity index (χ0) is 71.0. The lowest BCUT2D eigenvalue weighted by Gasteiger charge is -2.12. The number of aromatic hydroxyl groups is 3. The highest BCUT2D eigenvalue weighted by Crippen LogP contribution is 2.36. The number of hydrogen-bond acceptors (Lipinski definition) is 12. The molecule has 101 heavy (non-hydrogen) atoms. The monoisotopic (exact) mass is 1380 g/mol. The van der Waals surface area contributed by atoms with Gasteiger partial charge in [-0.05, 0) is 140 Å². The molecule has 0 amide bonds. The Kier molecular flexibility index (Phi) is 20.7. The van der Waals surface area contributed by atoms with Crippen molar-refractivity contribution >= 4 is 124 Å². The molecule has 3 aromatic heterocycles. The Balaban J connectivity index is 0.000000144. The van der Waals surface area contributed by atoms with Gasteiger partial charge >= 0.3 is 5.97 Å². The van der Waals surface area contributed by atoms with Crippen LogP contribution in [-0.2, 0) is 24.3 Å². The summed E-state index contributed by atoms with van der Waals surface area (Å²) in [7, 11) is 0. The van der Waals surface area contributed by atoms with E-state index in [0.717, 1.165) is 94.6 Å². The molecule has 0 saturated carbocycles. The molecule has 506 valence electrons. The number of benzene rings is 11. The molecule has 16 nitrogen and oxygen atoms in total. The lowest BCUT2D eigenvalue weighted by Crippen LogP contribution is -2.15. The topological polar surface area (TPSA) is 226 Å². The summed E-state index contributed by atoms with van der Waals surface area (Å²) in [6, 6.07) is 70.9. The van der Waals surface area contributed by atoms with E-state index in [1.807, 2.05) is 198 Å². The van der Waals surface area contributed by atoms with E-state index in [-0.39, 0.29) is 57.5 Å². The average molecular weight is 1380 g/mol. The summed E-state index contributed by atoms with van der Waals surface area (Å²) in [5.74, 6) is -1.38. The third-order valence-corrected chi connectivity index (χ3v) is 19.0. The third kappa shape index (κ3) is 14.3. The van der Waals surface area contributed by atoms with Gasteiger partial charge in [0.15, 0.2) is 23.1 Å². The zero-order valence-electron chi connectivity index (χ0n) is 55.6. The molecule has 0 atom stereocenters. The largest absolute Gasteiger partial charge is 0.508 e. The Labute approximate surface area is 591 Å². The van der Waals surface area contributed by atoms with Crippen molar-refractivity contribution in [1.82, 2.24) is 13.7 Å². The van der Waals surface area contributed by atoms with E-state index >= 15 is 0 Å². The number of carboxylic acid groups (broad SMARTS) is 1. The number of carboxylic acids is 1. The van der Waals surface area contributed by atoms with Crippen molar-refractivity contribution in [3.05, 3.63) is 302 Å². The van der Waals surface area contributed by atoms with Crippen molar-refractivity contribution in [2.75, 3.05) is 35.6 Å². The highest BCUT2D eigenvalue weighted by Gasteiger charge is 2.26. The Morgan fingerprint density at radius 1 is 0.446 bits per heavy atom. The van der Waals surface area contributed by atoms with Gasteiger partial charge in [0.1, 0.15) is 17.1 Å². The minimum Gasteiger partial charge on any atom is -0.508 e. The molecular formula is C83H70Cl2N6O10. The summed E-state index contributed by atoms with van der Waals surface area (Å²) in [6.45, 7) is 11.0. The van der Waals surface area contributed by atoms with E-state index in [2.05, 4.69) is 25.1 Å². The Morgan fingerprint density at radius 3 is 1.45 bits per heavy atom. The zero-order valence-corrected chi connectivity index (χ0v) is 57.1. The molecule has 0 fully saturated rings. The first-order valence-corrected chi connectivity index (χ1v) is 33.5. The number of ketones is 2. The molecule has 0 aliphatic heterocycles. The van der Waals surface area contributed by atoms with E-state index in [1.54, 1.807) is 47.0 Å². The first kappa shape index (κ1) is 68.8. The van der Waals surface area contributed by atoms with Crippen molar-refractivity contribution in [1.29, 1.82) is 0 Å². The summed E-state index contributed by atoms with van der Waals surface area (Å²) in [4.78, 5) is 62.8. The van der Waals surface area contributed by atoms with Crippen molar-refractivity contribution < 1.29 is 49.1 Å². The molecule has 0 radical (unpaired) electrons. The highest BCUT2D eigenvalue weighted by molar-refractivity contribution is 6.44. The standard InChI is InChI=1S/2C29H24N2O4.C25H22Cl2N2O2/c1-19-28(29(34)23-11-6-8-20-7-2-3-9-22(20)23)24-10-4-5-12-25(24)31(19)16-15-30-21-13-14-26(33)27(17-21)35-18-32;1-18-27(28(33)22-11-6-8-19-7-2-3-9-21(19)22)23-10-4-5-12-25(23)31(18)16-15-30-20-13-14-24(29(34)35)26(32)17-20;1-15-14-17(10-11-23(15)30)28-13-12-18-16(2)29(22-9-4-3-6-19(18)22)25(31)20-7-5-8-21(26)24(20)27/h2-14,17-18,30,33H,15-16H2,1H3;2-14,17,30,32H,15-16H2,1H3,(H,34,35);3-11,14,28,30H,12-13H2,1-2H3. The fourth-order valence-electron chi connectivity index (χ4n) is 13.2. The lowest BCUT2D eigenvalue weighted by molar-refractivity contribution is -0.120. The minimum absolute atomic E-state index is 0.00334. The molecule has 0 spiro atoms. The maximum absolute atomic E-state index is 13.8. The molecule has 14 aromatic rings. The molecule has 0 aliphatic rings. The van der Waals surface area contributed by atoms with Crippen LogP contribution in [0.15, 0.2) is 231 Å². The number of aromatic nitrogens is 3. The van der Waals surface area contributed by atoms with Gasteiger partial charge in [0.05, 0.1) is 32.3 Å². The van der Waals surface area contributed by atoms with E-state index in [0.29, 0.717) is 76.9 Å². The van der Waals surface area contributed by atoms with Crippen molar-refractivity contribution in [2.24, 2.45) is 0 Å². The highest BCUT2D eigenvalue weighted by atomic mass is 35.5. The Morgan fingerprint density at radius 2 is 0.901 bits per heavy atom. The number of aromatic carboxylic acids is 1. The van der Waals surface area contributed by atoms with Crippen LogP contribution in [0.4, 0.5) is 17.1 Å². The van der Waals surface area contributed by atoms with E-state index < -0.39 is 5.97 Å². The van der Waals surface area contributed by atoms with Crippen molar-refractivity contribution in [2.45, 2.75) is 47.2 Å². The second-order valence-corrected chi connectivity index (χ2v) is 25.0.